The lowest BCUT2D eigenvalue weighted by Gasteiger charge is -2.24. The SMILES string of the molecule is CN=C(NC)N(C)C(=O)OC(C)(C)C. The summed E-state index contributed by atoms with van der Waals surface area (Å²) in [5.74, 6) is 0.472. The quantitative estimate of drug-likeness (QED) is 0.471. The lowest BCUT2D eigenvalue weighted by atomic mass is 10.2. The Balaban J connectivity index is 4.40. The standard InChI is InChI=1S/C9H19N3O2/c1-9(2,3)14-8(13)12(6)7(10-4)11-5/h1-6H3,(H,10,11). The topological polar surface area (TPSA) is 53.9 Å². The third-order valence-corrected chi connectivity index (χ3v) is 1.42. The maximum absolute atomic E-state index is 11.5. The largest absolute Gasteiger partial charge is 0.443 e. The van der Waals surface area contributed by atoms with Crippen LogP contribution >= 0.6 is 0 Å². The van der Waals surface area contributed by atoms with Crippen LogP contribution in [0, 0.1) is 0 Å². The fraction of sp³-hybridized carbons (Fsp3) is 0.778. The van der Waals surface area contributed by atoms with Crippen LogP contribution in [0.25, 0.3) is 0 Å². The van der Waals surface area contributed by atoms with Crippen LogP contribution in [-0.4, -0.2) is 43.7 Å². The number of carbonyl (C=O) groups excluding carboxylic acids is 1. The second-order valence-corrected chi connectivity index (χ2v) is 3.84. The van der Waals surface area contributed by atoms with Crippen molar-refractivity contribution in [2.24, 2.45) is 4.99 Å². The molecule has 0 aliphatic heterocycles. The third-order valence-electron chi connectivity index (χ3n) is 1.42. The molecule has 1 N–H and O–H groups in total. The van der Waals surface area contributed by atoms with Gasteiger partial charge >= 0.3 is 6.09 Å². The number of nitrogens with one attached hydrogen (secondary N) is 1. The van der Waals surface area contributed by atoms with Crippen molar-refractivity contribution in [1.29, 1.82) is 0 Å². The molecular formula is C9H19N3O2. The van der Waals surface area contributed by atoms with Crippen molar-refractivity contribution in [2.45, 2.75) is 26.4 Å². The highest BCUT2D eigenvalue weighted by Gasteiger charge is 2.21. The summed E-state index contributed by atoms with van der Waals surface area (Å²) >= 11 is 0. The molecule has 82 valence electrons. The minimum absolute atomic E-state index is 0.424. The lowest BCUT2D eigenvalue weighted by molar-refractivity contribution is 0.0397. The number of aliphatic imine (C=N–C) groups is 1. The molecule has 0 radical (unpaired) electrons. The normalized spacial score (nSPS) is 12.3. The second kappa shape index (κ2) is 4.83. The van der Waals surface area contributed by atoms with Gasteiger partial charge in [-0.3, -0.25) is 9.89 Å². The van der Waals surface area contributed by atoms with Gasteiger partial charge in [0.25, 0.3) is 0 Å². The van der Waals surface area contributed by atoms with E-state index in [-0.39, 0.29) is 0 Å². The first-order valence-electron chi connectivity index (χ1n) is 4.43. The highest BCUT2D eigenvalue weighted by Crippen LogP contribution is 2.08. The van der Waals surface area contributed by atoms with Gasteiger partial charge in [0.05, 0.1) is 0 Å². The van der Waals surface area contributed by atoms with Crippen LogP contribution in [0.1, 0.15) is 20.8 Å². The molecule has 5 heteroatoms. The summed E-state index contributed by atoms with van der Waals surface area (Å²) in [6, 6.07) is 0. The Morgan fingerprint density at radius 2 is 1.93 bits per heavy atom. The van der Waals surface area contributed by atoms with Gasteiger partial charge in [0.15, 0.2) is 0 Å². The molecule has 0 aliphatic carbocycles. The maximum Gasteiger partial charge on any atom is 0.416 e. The zero-order chi connectivity index (χ0) is 11.4. The monoisotopic (exact) mass is 201 g/mol. The van der Waals surface area contributed by atoms with Gasteiger partial charge in [0.2, 0.25) is 5.96 Å². The molecular weight excluding hydrogens is 182 g/mol. The van der Waals surface area contributed by atoms with Crippen molar-refractivity contribution in [3.05, 3.63) is 0 Å². The van der Waals surface area contributed by atoms with Gasteiger partial charge in [-0.1, -0.05) is 0 Å². The average Bonchev–Trinajstić information content (AvgIpc) is 2.03. The predicted octanol–water partition coefficient (Wildman–Crippen LogP) is 1.06. The van der Waals surface area contributed by atoms with Gasteiger partial charge in [-0.25, -0.2) is 4.79 Å². The van der Waals surface area contributed by atoms with Crippen molar-refractivity contribution in [2.75, 3.05) is 21.1 Å². The highest BCUT2D eigenvalue weighted by molar-refractivity contribution is 5.93. The van der Waals surface area contributed by atoms with E-state index in [0.29, 0.717) is 5.96 Å². The number of rotatable bonds is 0. The van der Waals surface area contributed by atoms with Gasteiger partial charge in [0, 0.05) is 21.1 Å². The number of hydrogen-bond donors (Lipinski definition) is 1. The number of carbonyl (C=O) groups is 1. The lowest BCUT2D eigenvalue weighted by Crippen LogP contribution is -2.43. The molecule has 5 nitrogen and oxygen atoms in total. The van der Waals surface area contributed by atoms with E-state index in [1.807, 2.05) is 20.8 Å². The number of ether oxygens (including phenoxy) is 1. The van der Waals surface area contributed by atoms with Crippen LogP contribution in [0.3, 0.4) is 0 Å². The molecule has 0 saturated heterocycles. The van der Waals surface area contributed by atoms with E-state index in [1.54, 1.807) is 21.1 Å². The number of guanidine groups is 1. The minimum Gasteiger partial charge on any atom is -0.443 e. The molecule has 0 spiro atoms. The Morgan fingerprint density at radius 3 is 2.21 bits per heavy atom. The van der Waals surface area contributed by atoms with E-state index < -0.39 is 11.7 Å². The molecule has 0 aromatic carbocycles. The van der Waals surface area contributed by atoms with Gasteiger partial charge in [-0.2, -0.15) is 0 Å². The summed E-state index contributed by atoms with van der Waals surface area (Å²) < 4.78 is 5.15. The Labute approximate surface area is 85.1 Å². The summed E-state index contributed by atoms with van der Waals surface area (Å²) in [6.07, 6.45) is -0.424. The fourth-order valence-electron chi connectivity index (χ4n) is 0.846. The zero-order valence-electron chi connectivity index (χ0n) is 9.71. The summed E-state index contributed by atoms with van der Waals surface area (Å²) in [6.45, 7) is 5.46. The zero-order valence-corrected chi connectivity index (χ0v) is 9.71. The number of amides is 1. The Hall–Kier alpha value is -1.26. The molecule has 0 aromatic heterocycles. The summed E-state index contributed by atoms with van der Waals surface area (Å²) in [7, 11) is 4.91. The van der Waals surface area contributed by atoms with Crippen molar-refractivity contribution >= 4 is 12.1 Å². The van der Waals surface area contributed by atoms with E-state index in [1.165, 1.54) is 4.90 Å². The van der Waals surface area contributed by atoms with Crippen LogP contribution < -0.4 is 5.32 Å². The van der Waals surface area contributed by atoms with Crippen LogP contribution in [0.15, 0.2) is 4.99 Å². The average molecular weight is 201 g/mol. The van der Waals surface area contributed by atoms with Crippen molar-refractivity contribution in [3.63, 3.8) is 0 Å². The Morgan fingerprint density at radius 1 is 1.43 bits per heavy atom. The number of nitrogens with zero attached hydrogens (tertiary/aromatic N) is 2. The summed E-state index contributed by atoms with van der Waals surface area (Å²) in [4.78, 5) is 16.7. The Kier molecular flexibility index (Phi) is 4.40. The van der Waals surface area contributed by atoms with E-state index in [4.69, 9.17) is 4.74 Å². The molecule has 0 saturated carbocycles. The van der Waals surface area contributed by atoms with Crippen LogP contribution in [0.5, 0.6) is 0 Å². The smallest absolute Gasteiger partial charge is 0.416 e. The fourth-order valence-corrected chi connectivity index (χ4v) is 0.846. The molecule has 0 heterocycles. The molecule has 0 aromatic rings. The van der Waals surface area contributed by atoms with Crippen molar-refractivity contribution < 1.29 is 9.53 Å². The second-order valence-electron chi connectivity index (χ2n) is 3.84. The van der Waals surface area contributed by atoms with Gasteiger partial charge in [-0.15, -0.1) is 0 Å². The van der Waals surface area contributed by atoms with E-state index >= 15 is 0 Å². The predicted molar refractivity (Wildman–Crippen MR) is 56.4 cm³/mol. The summed E-state index contributed by atoms with van der Waals surface area (Å²) in [5.41, 5.74) is -0.488. The molecule has 0 fully saturated rings. The van der Waals surface area contributed by atoms with E-state index in [0.717, 1.165) is 0 Å². The molecule has 0 atom stereocenters. The van der Waals surface area contributed by atoms with Crippen LogP contribution in [0.4, 0.5) is 4.79 Å². The van der Waals surface area contributed by atoms with Crippen LogP contribution in [0.2, 0.25) is 0 Å². The first kappa shape index (κ1) is 12.7. The molecule has 0 bridgehead atoms. The molecule has 1 amide bonds. The summed E-state index contributed by atoms with van der Waals surface area (Å²) in [5, 5.41) is 2.79. The van der Waals surface area contributed by atoms with Gasteiger partial charge < -0.3 is 10.1 Å². The first-order chi connectivity index (χ1) is 6.31. The minimum atomic E-state index is -0.488. The van der Waals surface area contributed by atoms with Gasteiger partial charge in [-0.05, 0) is 20.8 Å². The maximum atomic E-state index is 11.5. The number of hydrogen-bond acceptors (Lipinski definition) is 3. The first-order valence-corrected chi connectivity index (χ1v) is 4.43. The molecule has 0 aliphatic rings. The molecule has 14 heavy (non-hydrogen) atoms. The van der Waals surface area contributed by atoms with Crippen molar-refractivity contribution in [3.8, 4) is 0 Å². The van der Waals surface area contributed by atoms with E-state index in [2.05, 4.69) is 10.3 Å². The van der Waals surface area contributed by atoms with Crippen molar-refractivity contribution in [1.82, 2.24) is 10.2 Å². The van der Waals surface area contributed by atoms with Crippen LogP contribution in [-0.2, 0) is 4.74 Å². The van der Waals surface area contributed by atoms with E-state index in [9.17, 15) is 4.79 Å². The molecule has 0 rings (SSSR count). The highest BCUT2D eigenvalue weighted by atomic mass is 16.6. The molecule has 0 unspecified atom stereocenters. The third kappa shape index (κ3) is 4.11. The van der Waals surface area contributed by atoms with Gasteiger partial charge in [0.1, 0.15) is 5.60 Å². The Bertz CT molecular complexity index is 231.